The Morgan fingerprint density at radius 3 is 2.53 bits per heavy atom. The van der Waals surface area contributed by atoms with Crippen LogP contribution in [-0.4, -0.2) is 13.7 Å². The Kier molecular flexibility index (Phi) is 2.34. The van der Waals surface area contributed by atoms with Crippen molar-refractivity contribution < 1.29 is 22.6 Å². The molecule has 15 heavy (non-hydrogen) atoms. The smallest absolute Gasteiger partial charge is 0.416 e. The van der Waals surface area contributed by atoms with E-state index in [-0.39, 0.29) is 6.10 Å². The Labute approximate surface area is 84.6 Å². The zero-order valence-electron chi connectivity index (χ0n) is 7.97. The molecule has 0 aliphatic carbocycles. The third-order valence-corrected chi connectivity index (χ3v) is 2.24. The first-order chi connectivity index (χ1) is 7.02. The van der Waals surface area contributed by atoms with Crippen molar-refractivity contribution in [3.8, 4) is 5.75 Å². The molecule has 1 aliphatic heterocycles. The van der Waals surface area contributed by atoms with E-state index in [9.17, 15) is 13.2 Å². The molecule has 0 aromatic heterocycles. The summed E-state index contributed by atoms with van der Waals surface area (Å²) in [4.78, 5) is 0. The molecule has 5 heteroatoms. The Hall–Kier alpha value is -1.23. The topological polar surface area (TPSA) is 21.8 Å². The lowest BCUT2D eigenvalue weighted by molar-refractivity contribution is -0.137. The van der Waals surface area contributed by atoms with Crippen LogP contribution >= 0.6 is 0 Å². The minimum atomic E-state index is -4.32. The molecular formula is C10H9F3O2. The highest BCUT2D eigenvalue weighted by Gasteiger charge is 2.34. The first kappa shape index (κ1) is 10.3. The van der Waals surface area contributed by atoms with Crippen molar-refractivity contribution in [3.05, 3.63) is 29.3 Å². The summed E-state index contributed by atoms with van der Waals surface area (Å²) in [5.74, 6) is 0.436. The van der Waals surface area contributed by atoms with E-state index >= 15 is 0 Å². The van der Waals surface area contributed by atoms with Crippen molar-refractivity contribution >= 4 is 0 Å². The van der Waals surface area contributed by atoms with E-state index < -0.39 is 11.7 Å². The van der Waals surface area contributed by atoms with Gasteiger partial charge in [0.05, 0.1) is 19.3 Å². The van der Waals surface area contributed by atoms with Gasteiger partial charge in [-0.05, 0) is 18.2 Å². The van der Waals surface area contributed by atoms with E-state index in [2.05, 4.69) is 0 Å². The van der Waals surface area contributed by atoms with Gasteiger partial charge in [0.25, 0.3) is 0 Å². The van der Waals surface area contributed by atoms with Crippen LogP contribution in [0.15, 0.2) is 18.2 Å². The summed E-state index contributed by atoms with van der Waals surface area (Å²) >= 11 is 0. The summed E-state index contributed by atoms with van der Waals surface area (Å²) in [6.07, 6.45) is -4.57. The second-order valence-electron chi connectivity index (χ2n) is 3.28. The number of halogens is 3. The van der Waals surface area contributed by atoms with Crippen LogP contribution in [0.1, 0.15) is 17.2 Å². The Morgan fingerprint density at radius 1 is 1.40 bits per heavy atom. The SMILES string of the molecule is COc1ccc(C(F)(F)F)cc1[C@@H]1CO1. The number of methoxy groups -OCH3 is 1. The second-order valence-corrected chi connectivity index (χ2v) is 3.28. The molecule has 0 bridgehead atoms. The first-order valence-corrected chi connectivity index (χ1v) is 4.39. The highest BCUT2D eigenvalue weighted by atomic mass is 19.4. The molecule has 1 atom stereocenters. The van der Waals surface area contributed by atoms with Gasteiger partial charge in [0.2, 0.25) is 0 Å². The van der Waals surface area contributed by atoms with Gasteiger partial charge in [-0.15, -0.1) is 0 Å². The zero-order chi connectivity index (χ0) is 11.1. The van der Waals surface area contributed by atoms with E-state index in [0.29, 0.717) is 17.9 Å². The van der Waals surface area contributed by atoms with Crippen LogP contribution in [0, 0.1) is 0 Å². The average Bonchev–Trinajstić information content (AvgIpc) is 2.98. The Morgan fingerprint density at radius 2 is 2.07 bits per heavy atom. The molecule has 1 heterocycles. The third-order valence-electron chi connectivity index (χ3n) is 2.24. The lowest BCUT2D eigenvalue weighted by Gasteiger charge is -2.11. The van der Waals surface area contributed by atoms with Crippen molar-refractivity contribution in [2.45, 2.75) is 12.3 Å². The molecule has 0 spiro atoms. The largest absolute Gasteiger partial charge is 0.496 e. The number of rotatable bonds is 2. The summed E-state index contributed by atoms with van der Waals surface area (Å²) in [7, 11) is 1.43. The van der Waals surface area contributed by atoms with Gasteiger partial charge in [-0.1, -0.05) is 0 Å². The van der Waals surface area contributed by atoms with Gasteiger partial charge in [0.15, 0.2) is 0 Å². The van der Waals surface area contributed by atoms with Gasteiger partial charge in [-0.2, -0.15) is 13.2 Å². The molecule has 0 amide bonds. The van der Waals surface area contributed by atoms with E-state index in [0.717, 1.165) is 12.1 Å². The molecule has 2 nitrogen and oxygen atoms in total. The summed E-state index contributed by atoms with van der Waals surface area (Å²) in [6.45, 7) is 0.456. The fourth-order valence-electron chi connectivity index (χ4n) is 1.39. The van der Waals surface area contributed by atoms with E-state index in [4.69, 9.17) is 9.47 Å². The first-order valence-electron chi connectivity index (χ1n) is 4.39. The number of hydrogen-bond donors (Lipinski definition) is 0. The maximum Gasteiger partial charge on any atom is 0.416 e. The summed E-state index contributed by atoms with van der Waals surface area (Å²) in [5, 5.41) is 0. The van der Waals surface area contributed by atoms with Gasteiger partial charge in [-0.25, -0.2) is 0 Å². The van der Waals surface area contributed by atoms with Crippen molar-refractivity contribution in [2.75, 3.05) is 13.7 Å². The summed E-state index contributed by atoms with van der Waals surface area (Å²) in [6, 6.07) is 3.40. The van der Waals surface area contributed by atoms with Crippen LogP contribution in [0.4, 0.5) is 13.2 Å². The molecular weight excluding hydrogens is 209 g/mol. The molecule has 1 fully saturated rings. The molecule has 0 saturated carbocycles. The minimum Gasteiger partial charge on any atom is -0.496 e. The van der Waals surface area contributed by atoms with Crippen LogP contribution in [0.5, 0.6) is 5.75 Å². The van der Waals surface area contributed by atoms with Crippen molar-refractivity contribution in [1.82, 2.24) is 0 Å². The predicted octanol–water partition coefficient (Wildman–Crippen LogP) is 2.79. The number of epoxide rings is 1. The van der Waals surface area contributed by atoms with Crippen LogP contribution in [0.2, 0.25) is 0 Å². The number of hydrogen-bond acceptors (Lipinski definition) is 2. The van der Waals surface area contributed by atoms with Gasteiger partial charge in [0, 0.05) is 5.56 Å². The molecule has 0 radical (unpaired) electrons. The second kappa shape index (κ2) is 3.41. The summed E-state index contributed by atoms with van der Waals surface area (Å²) < 4.78 is 47.1. The molecule has 82 valence electrons. The number of benzene rings is 1. The van der Waals surface area contributed by atoms with Crippen LogP contribution in [-0.2, 0) is 10.9 Å². The predicted molar refractivity (Wildman–Crippen MR) is 46.7 cm³/mol. The number of ether oxygens (including phenoxy) is 2. The van der Waals surface area contributed by atoms with E-state index in [1.165, 1.54) is 13.2 Å². The van der Waals surface area contributed by atoms with Crippen molar-refractivity contribution in [2.24, 2.45) is 0 Å². The van der Waals surface area contributed by atoms with Crippen molar-refractivity contribution in [1.29, 1.82) is 0 Å². The summed E-state index contributed by atoms with van der Waals surface area (Å²) in [5.41, 5.74) is -0.207. The maximum absolute atomic E-state index is 12.4. The van der Waals surface area contributed by atoms with Crippen molar-refractivity contribution in [3.63, 3.8) is 0 Å². The molecule has 1 aromatic rings. The van der Waals surface area contributed by atoms with Gasteiger partial charge in [-0.3, -0.25) is 0 Å². The normalized spacial score (nSPS) is 20.1. The highest BCUT2D eigenvalue weighted by Crippen LogP contribution is 2.40. The van der Waals surface area contributed by atoms with Gasteiger partial charge < -0.3 is 9.47 Å². The molecule has 1 aliphatic rings. The third kappa shape index (κ3) is 2.07. The van der Waals surface area contributed by atoms with Gasteiger partial charge in [0.1, 0.15) is 11.9 Å². The van der Waals surface area contributed by atoms with E-state index in [1.807, 2.05) is 0 Å². The molecule has 1 saturated heterocycles. The fourth-order valence-corrected chi connectivity index (χ4v) is 1.39. The zero-order valence-corrected chi connectivity index (χ0v) is 7.97. The number of alkyl halides is 3. The monoisotopic (exact) mass is 218 g/mol. The molecule has 1 aromatic carbocycles. The Bertz CT molecular complexity index is 369. The minimum absolute atomic E-state index is 0.248. The highest BCUT2D eigenvalue weighted by molar-refractivity contribution is 5.41. The average molecular weight is 218 g/mol. The van der Waals surface area contributed by atoms with Crippen LogP contribution < -0.4 is 4.74 Å². The van der Waals surface area contributed by atoms with E-state index in [1.54, 1.807) is 0 Å². The van der Waals surface area contributed by atoms with Gasteiger partial charge >= 0.3 is 6.18 Å². The van der Waals surface area contributed by atoms with Crippen LogP contribution in [0.3, 0.4) is 0 Å². The lowest BCUT2D eigenvalue weighted by Crippen LogP contribution is -2.06. The lowest BCUT2D eigenvalue weighted by atomic mass is 10.1. The molecule has 0 N–H and O–H groups in total. The standard InChI is InChI=1S/C10H9F3O2/c1-14-8-3-2-6(10(11,12)13)4-7(8)9-5-15-9/h2-4,9H,5H2,1H3/t9-/m0/s1. The quantitative estimate of drug-likeness (QED) is 0.712. The fraction of sp³-hybridized carbons (Fsp3) is 0.400. The van der Waals surface area contributed by atoms with Crippen LogP contribution in [0.25, 0.3) is 0 Å². The Balaban J connectivity index is 2.40. The molecule has 0 unspecified atom stereocenters. The maximum atomic E-state index is 12.4. The molecule has 2 rings (SSSR count).